The van der Waals surface area contributed by atoms with Crippen molar-refractivity contribution in [1.29, 1.82) is 0 Å². The molecule has 3 rings (SSSR count). The lowest BCUT2D eigenvalue weighted by molar-refractivity contribution is 0.246. The first-order valence-electron chi connectivity index (χ1n) is 8.74. The highest BCUT2D eigenvalue weighted by molar-refractivity contribution is 7.90. The minimum atomic E-state index is -3.94. The molecule has 0 atom stereocenters. The van der Waals surface area contributed by atoms with E-state index in [0.29, 0.717) is 5.56 Å². The Morgan fingerprint density at radius 3 is 2.39 bits per heavy atom. The first-order chi connectivity index (χ1) is 13.2. The Morgan fingerprint density at radius 1 is 1.00 bits per heavy atom. The number of aromatic nitrogens is 1. The number of aromatic amines is 1. The van der Waals surface area contributed by atoms with E-state index < -0.39 is 16.1 Å². The lowest BCUT2D eigenvalue weighted by Crippen LogP contribution is -2.40. The minimum absolute atomic E-state index is 0.00881. The summed E-state index contributed by atoms with van der Waals surface area (Å²) in [7, 11) is -3.94. The standard InChI is InChI=1S/C20H21N3O4S/c1-13-4-7-17(8-5-13)28(26,27)23-20(25)21-10-9-16-12-15-6-3-14(2)11-18(15)22-19(16)24/h3-8,11-12H,9-10H2,1-2H3,(H,22,24)(H2,21,23,25). The van der Waals surface area contributed by atoms with Gasteiger partial charge in [0.15, 0.2) is 0 Å². The number of rotatable bonds is 5. The van der Waals surface area contributed by atoms with Crippen molar-refractivity contribution in [2.45, 2.75) is 25.2 Å². The van der Waals surface area contributed by atoms with Crippen molar-refractivity contribution >= 4 is 27.0 Å². The van der Waals surface area contributed by atoms with Crippen LogP contribution in [0.3, 0.4) is 0 Å². The van der Waals surface area contributed by atoms with Crippen LogP contribution in [0, 0.1) is 13.8 Å². The second kappa shape index (κ2) is 7.85. The molecule has 0 bridgehead atoms. The number of urea groups is 1. The molecule has 1 heterocycles. The Kier molecular flexibility index (Phi) is 5.51. The number of benzene rings is 2. The van der Waals surface area contributed by atoms with Crippen molar-refractivity contribution in [3.05, 3.63) is 75.6 Å². The van der Waals surface area contributed by atoms with E-state index in [4.69, 9.17) is 0 Å². The third-order valence-electron chi connectivity index (χ3n) is 4.32. The van der Waals surface area contributed by atoms with Gasteiger partial charge in [0.05, 0.1) is 4.90 Å². The van der Waals surface area contributed by atoms with E-state index in [1.54, 1.807) is 18.2 Å². The molecule has 146 valence electrons. The maximum Gasteiger partial charge on any atom is 0.328 e. The van der Waals surface area contributed by atoms with Crippen molar-refractivity contribution in [3.8, 4) is 0 Å². The quantitative estimate of drug-likeness (QED) is 0.612. The molecule has 0 saturated heterocycles. The summed E-state index contributed by atoms with van der Waals surface area (Å²) in [6, 6.07) is 12.9. The molecule has 1 aromatic heterocycles. The SMILES string of the molecule is Cc1ccc(S(=O)(=O)NC(=O)NCCc2cc3ccc(C)cc3[nH]c2=O)cc1. The zero-order valence-electron chi connectivity index (χ0n) is 15.6. The molecule has 3 aromatic rings. The number of hydrogen-bond donors (Lipinski definition) is 3. The van der Waals surface area contributed by atoms with Crippen molar-refractivity contribution in [2.75, 3.05) is 6.54 Å². The van der Waals surface area contributed by atoms with Crippen molar-refractivity contribution in [2.24, 2.45) is 0 Å². The van der Waals surface area contributed by atoms with Gasteiger partial charge in [0.1, 0.15) is 0 Å². The molecule has 0 radical (unpaired) electrons. The molecular weight excluding hydrogens is 378 g/mol. The first kappa shape index (κ1) is 19.6. The lowest BCUT2D eigenvalue weighted by atomic mass is 10.1. The molecule has 0 spiro atoms. The van der Waals surface area contributed by atoms with Gasteiger partial charge < -0.3 is 10.3 Å². The van der Waals surface area contributed by atoms with Gasteiger partial charge in [0.2, 0.25) is 0 Å². The Labute approximate surface area is 162 Å². The zero-order chi connectivity index (χ0) is 20.3. The van der Waals surface area contributed by atoms with Gasteiger partial charge in [0, 0.05) is 17.6 Å². The summed E-state index contributed by atoms with van der Waals surface area (Å²) in [4.78, 5) is 26.9. The van der Waals surface area contributed by atoms with Gasteiger partial charge in [-0.15, -0.1) is 0 Å². The van der Waals surface area contributed by atoms with Gasteiger partial charge in [0.25, 0.3) is 15.6 Å². The normalized spacial score (nSPS) is 11.4. The van der Waals surface area contributed by atoms with Crippen LogP contribution in [0.1, 0.15) is 16.7 Å². The number of carbonyl (C=O) groups is 1. The number of pyridine rings is 1. The number of hydrogen-bond acceptors (Lipinski definition) is 4. The molecule has 0 saturated carbocycles. The molecule has 8 heteroatoms. The molecule has 2 amide bonds. The maximum absolute atomic E-state index is 12.2. The average Bonchev–Trinajstić information content (AvgIpc) is 2.62. The molecule has 0 aliphatic rings. The van der Waals surface area contributed by atoms with Crippen LogP contribution >= 0.6 is 0 Å². The Morgan fingerprint density at radius 2 is 1.68 bits per heavy atom. The predicted molar refractivity (Wildman–Crippen MR) is 108 cm³/mol. The van der Waals surface area contributed by atoms with Crippen LogP contribution in [0.25, 0.3) is 10.9 Å². The summed E-state index contributed by atoms with van der Waals surface area (Å²) in [5, 5.41) is 3.37. The maximum atomic E-state index is 12.2. The highest BCUT2D eigenvalue weighted by Crippen LogP contribution is 2.13. The van der Waals surface area contributed by atoms with Gasteiger partial charge in [-0.2, -0.15) is 0 Å². The number of amides is 2. The Hall–Kier alpha value is -3.13. The Balaban J connectivity index is 1.61. The fraction of sp³-hybridized carbons (Fsp3) is 0.200. The van der Waals surface area contributed by atoms with Crippen molar-refractivity contribution in [1.82, 2.24) is 15.0 Å². The number of carbonyl (C=O) groups excluding carboxylic acids is 1. The molecule has 0 aliphatic heterocycles. The second-order valence-electron chi connectivity index (χ2n) is 6.64. The summed E-state index contributed by atoms with van der Waals surface area (Å²) < 4.78 is 26.3. The zero-order valence-corrected chi connectivity index (χ0v) is 16.4. The minimum Gasteiger partial charge on any atom is -0.337 e. The van der Waals surface area contributed by atoms with Crippen LogP contribution in [0.15, 0.2) is 58.2 Å². The first-order valence-corrected chi connectivity index (χ1v) is 10.2. The van der Waals surface area contributed by atoms with Crippen LogP contribution in [-0.4, -0.2) is 26.0 Å². The average molecular weight is 399 g/mol. The highest BCUT2D eigenvalue weighted by atomic mass is 32.2. The number of fused-ring (bicyclic) bond motifs is 1. The largest absolute Gasteiger partial charge is 0.337 e. The summed E-state index contributed by atoms with van der Waals surface area (Å²) in [6.07, 6.45) is 0.275. The van der Waals surface area contributed by atoms with E-state index in [2.05, 4.69) is 10.3 Å². The molecular formula is C20H21N3O4S. The summed E-state index contributed by atoms with van der Waals surface area (Å²) in [5.74, 6) is 0. The van der Waals surface area contributed by atoms with Crippen LogP contribution in [0.2, 0.25) is 0 Å². The van der Waals surface area contributed by atoms with E-state index >= 15 is 0 Å². The number of nitrogens with one attached hydrogen (secondary N) is 3. The van der Waals surface area contributed by atoms with Gasteiger partial charge >= 0.3 is 6.03 Å². The van der Waals surface area contributed by atoms with Crippen molar-refractivity contribution < 1.29 is 13.2 Å². The van der Waals surface area contributed by atoms with Gasteiger partial charge in [-0.05, 0) is 55.5 Å². The number of sulfonamides is 1. The van der Waals surface area contributed by atoms with Gasteiger partial charge in [-0.1, -0.05) is 29.8 Å². The third kappa shape index (κ3) is 4.58. The molecule has 0 fully saturated rings. The van der Waals surface area contributed by atoms with Crippen LogP contribution in [0.5, 0.6) is 0 Å². The van der Waals surface area contributed by atoms with Crippen molar-refractivity contribution in [3.63, 3.8) is 0 Å². The molecule has 2 aromatic carbocycles. The monoisotopic (exact) mass is 399 g/mol. The predicted octanol–water partition coefficient (Wildman–Crippen LogP) is 2.38. The molecule has 3 N–H and O–H groups in total. The topological polar surface area (TPSA) is 108 Å². The van der Waals surface area contributed by atoms with Crippen LogP contribution < -0.4 is 15.6 Å². The third-order valence-corrected chi connectivity index (χ3v) is 5.66. The summed E-state index contributed by atoms with van der Waals surface area (Å²) >= 11 is 0. The Bertz CT molecular complexity index is 1180. The molecule has 28 heavy (non-hydrogen) atoms. The lowest BCUT2D eigenvalue weighted by Gasteiger charge is -2.09. The summed E-state index contributed by atoms with van der Waals surface area (Å²) in [6.45, 7) is 3.90. The molecule has 0 unspecified atom stereocenters. The number of H-pyrrole nitrogens is 1. The smallest absolute Gasteiger partial charge is 0.328 e. The summed E-state index contributed by atoms with van der Waals surface area (Å²) in [5.41, 5.74) is 3.00. The fourth-order valence-corrected chi connectivity index (χ4v) is 3.72. The van der Waals surface area contributed by atoms with Gasteiger partial charge in [-0.3, -0.25) is 4.79 Å². The van der Waals surface area contributed by atoms with Crippen LogP contribution in [0.4, 0.5) is 4.79 Å². The van der Waals surface area contributed by atoms with Gasteiger partial charge in [-0.25, -0.2) is 17.9 Å². The van der Waals surface area contributed by atoms with Crippen LogP contribution in [-0.2, 0) is 16.4 Å². The number of aryl methyl sites for hydroxylation is 2. The second-order valence-corrected chi connectivity index (χ2v) is 8.32. The molecule has 0 aliphatic carbocycles. The molecule has 7 nitrogen and oxygen atoms in total. The van der Waals surface area contributed by atoms with E-state index in [9.17, 15) is 18.0 Å². The van der Waals surface area contributed by atoms with E-state index in [-0.39, 0.29) is 23.4 Å². The van der Waals surface area contributed by atoms with E-state index in [1.165, 1.54) is 12.1 Å². The van der Waals surface area contributed by atoms with E-state index in [1.807, 2.05) is 36.8 Å². The fourth-order valence-electron chi connectivity index (χ4n) is 2.79. The highest BCUT2D eigenvalue weighted by Gasteiger charge is 2.17. The van der Waals surface area contributed by atoms with E-state index in [0.717, 1.165) is 22.0 Å².